The molecule has 1 amide bonds. The second-order valence-electron chi connectivity index (χ2n) is 5.13. The first-order valence-corrected chi connectivity index (χ1v) is 7.62. The fraction of sp³-hybridized carbons (Fsp3) is 0.176. The van der Waals surface area contributed by atoms with Gasteiger partial charge in [-0.15, -0.1) is 0 Å². The molecule has 0 unspecified atom stereocenters. The molecule has 2 aromatic carbocycles. The number of nitrogens with zero attached hydrogens (tertiary/aromatic N) is 2. The van der Waals surface area contributed by atoms with Gasteiger partial charge in [0.2, 0.25) is 6.41 Å². The zero-order valence-electron chi connectivity index (χ0n) is 12.3. The van der Waals surface area contributed by atoms with Gasteiger partial charge in [-0.05, 0) is 24.3 Å². The molecule has 3 aromatic rings. The summed E-state index contributed by atoms with van der Waals surface area (Å²) in [7, 11) is 0. The van der Waals surface area contributed by atoms with Gasteiger partial charge in [0.25, 0.3) is 0 Å². The van der Waals surface area contributed by atoms with Gasteiger partial charge in [-0.25, -0.2) is 9.37 Å². The van der Waals surface area contributed by atoms with Gasteiger partial charge in [0.15, 0.2) is 0 Å². The molecule has 0 spiro atoms. The van der Waals surface area contributed by atoms with Crippen LogP contribution in [0.3, 0.4) is 0 Å². The van der Waals surface area contributed by atoms with Crippen molar-refractivity contribution >= 4 is 29.0 Å². The summed E-state index contributed by atoms with van der Waals surface area (Å²) in [4.78, 5) is 15.0. The molecule has 23 heavy (non-hydrogen) atoms. The standard InChI is InChI=1S/C17H15ClFN3O/c18-13-4-3-5-14(19)12(13)10-22-16-7-2-1-6-15(16)21-17(22)8-9-20-11-23/h1-7,11H,8-10H2,(H,20,23). The molecule has 1 heterocycles. The predicted molar refractivity (Wildman–Crippen MR) is 88.0 cm³/mol. The van der Waals surface area contributed by atoms with E-state index >= 15 is 0 Å². The second-order valence-corrected chi connectivity index (χ2v) is 5.53. The third-order valence-corrected chi connectivity index (χ3v) is 4.04. The van der Waals surface area contributed by atoms with Crippen molar-refractivity contribution in [1.82, 2.24) is 14.9 Å². The summed E-state index contributed by atoms with van der Waals surface area (Å²) in [6.07, 6.45) is 1.21. The average molecular weight is 332 g/mol. The van der Waals surface area contributed by atoms with E-state index in [1.165, 1.54) is 6.07 Å². The smallest absolute Gasteiger partial charge is 0.207 e. The summed E-state index contributed by atoms with van der Waals surface area (Å²) in [5.41, 5.74) is 2.18. The lowest BCUT2D eigenvalue weighted by atomic mass is 10.2. The Morgan fingerprint density at radius 3 is 2.83 bits per heavy atom. The van der Waals surface area contributed by atoms with Gasteiger partial charge >= 0.3 is 0 Å². The van der Waals surface area contributed by atoms with Crippen molar-refractivity contribution < 1.29 is 9.18 Å². The highest BCUT2D eigenvalue weighted by Gasteiger charge is 2.14. The first kappa shape index (κ1) is 15.5. The maximum atomic E-state index is 14.1. The number of fused-ring (bicyclic) bond motifs is 1. The number of para-hydroxylation sites is 2. The highest BCUT2D eigenvalue weighted by molar-refractivity contribution is 6.31. The molecule has 3 rings (SSSR count). The third-order valence-electron chi connectivity index (χ3n) is 3.69. The number of hydrogen-bond acceptors (Lipinski definition) is 2. The van der Waals surface area contributed by atoms with E-state index in [-0.39, 0.29) is 5.82 Å². The van der Waals surface area contributed by atoms with Crippen LogP contribution in [0, 0.1) is 5.82 Å². The minimum Gasteiger partial charge on any atom is -0.358 e. The van der Waals surface area contributed by atoms with Crippen LogP contribution in [0.1, 0.15) is 11.4 Å². The Morgan fingerprint density at radius 1 is 1.22 bits per heavy atom. The highest BCUT2D eigenvalue weighted by Crippen LogP contribution is 2.24. The van der Waals surface area contributed by atoms with Crippen molar-refractivity contribution in [2.24, 2.45) is 0 Å². The van der Waals surface area contributed by atoms with E-state index in [2.05, 4.69) is 10.3 Å². The van der Waals surface area contributed by atoms with E-state index in [1.54, 1.807) is 12.1 Å². The normalized spacial score (nSPS) is 10.9. The van der Waals surface area contributed by atoms with Crippen molar-refractivity contribution in [3.63, 3.8) is 0 Å². The van der Waals surface area contributed by atoms with Gasteiger partial charge in [0, 0.05) is 23.6 Å². The van der Waals surface area contributed by atoms with Gasteiger partial charge in [-0.3, -0.25) is 4.79 Å². The maximum Gasteiger partial charge on any atom is 0.207 e. The van der Waals surface area contributed by atoms with Crippen molar-refractivity contribution in [1.29, 1.82) is 0 Å². The van der Waals surface area contributed by atoms with Crippen LogP contribution in [0.15, 0.2) is 42.5 Å². The quantitative estimate of drug-likeness (QED) is 0.557. The van der Waals surface area contributed by atoms with Crippen LogP contribution in [0.25, 0.3) is 11.0 Å². The molecular formula is C17H15ClFN3O. The van der Waals surface area contributed by atoms with Crippen LogP contribution < -0.4 is 5.32 Å². The first-order valence-electron chi connectivity index (χ1n) is 7.25. The maximum absolute atomic E-state index is 14.1. The zero-order valence-corrected chi connectivity index (χ0v) is 13.1. The minimum absolute atomic E-state index is 0.294. The van der Waals surface area contributed by atoms with E-state index in [4.69, 9.17) is 11.6 Å². The Morgan fingerprint density at radius 2 is 2.04 bits per heavy atom. The predicted octanol–water partition coefficient (Wildman–Crippen LogP) is 3.17. The number of aromatic nitrogens is 2. The molecule has 4 nitrogen and oxygen atoms in total. The molecule has 0 aliphatic rings. The fourth-order valence-electron chi connectivity index (χ4n) is 2.58. The molecule has 0 atom stereocenters. The van der Waals surface area contributed by atoms with Crippen molar-refractivity contribution in [3.05, 3.63) is 64.7 Å². The number of carbonyl (C=O) groups excluding carboxylic acids is 1. The van der Waals surface area contributed by atoms with Crippen LogP contribution in [0.4, 0.5) is 4.39 Å². The lowest BCUT2D eigenvalue weighted by molar-refractivity contribution is -0.109. The molecule has 0 aliphatic heterocycles. The van der Waals surface area contributed by atoms with E-state index in [0.717, 1.165) is 16.9 Å². The van der Waals surface area contributed by atoms with Crippen molar-refractivity contribution in [2.75, 3.05) is 6.54 Å². The van der Waals surface area contributed by atoms with Gasteiger partial charge in [0.05, 0.1) is 17.6 Å². The third kappa shape index (κ3) is 3.19. The Bertz CT molecular complexity index is 827. The number of benzene rings is 2. The van der Waals surface area contributed by atoms with Gasteiger partial charge < -0.3 is 9.88 Å². The Balaban J connectivity index is 2.03. The van der Waals surface area contributed by atoms with Crippen LogP contribution in [0.5, 0.6) is 0 Å². The first-order chi connectivity index (χ1) is 11.2. The molecule has 0 radical (unpaired) electrons. The molecule has 0 fully saturated rings. The number of imidazole rings is 1. The van der Waals surface area contributed by atoms with E-state index in [1.807, 2.05) is 28.8 Å². The fourth-order valence-corrected chi connectivity index (χ4v) is 2.80. The van der Waals surface area contributed by atoms with Crippen LogP contribution >= 0.6 is 11.6 Å². The summed E-state index contributed by atoms with van der Waals surface area (Å²) in [6.45, 7) is 0.764. The zero-order chi connectivity index (χ0) is 16.2. The summed E-state index contributed by atoms with van der Waals surface area (Å²) in [6, 6.07) is 12.3. The molecular weight excluding hydrogens is 317 g/mol. The average Bonchev–Trinajstić information content (AvgIpc) is 2.89. The van der Waals surface area contributed by atoms with Crippen LogP contribution in [-0.2, 0) is 17.8 Å². The SMILES string of the molecule is O=CNCCc1nc2ccccc2n1Cc1c(F)cccc1Cl. The van der Waals surface area contributed by atoms with Crippen molar-refractivity contribution in [3.8, 4) is 0 Å². The second kappa shape index (κ2) is 6.79. The molecule has 6 heteroatoms. The summed E-state index contributed by atoms with van der Waals surface area (Å²) in [5.74, 6) is 0.437. The Labute approximate surface area is 137 Å². The largest absolute Gasteiger partial charge is 0.358 e. The van der Waals surface area contributed by atoms with Crippen LogP contribution in [-0.4, -0.2) is 22.5 Å². The number of hydrogen-bond donors (Lipinski definition) is 1. The summed E-state index contributed by atoms with van der Waals surface area (Å²) in [5, 5.41) is 3.01. The lowest BCUT2D eigenvalue weighted by Crippen LogP contribution is -2.17. The molecule has 118 valence electrons. The topological polar surface area (TPSA) is 46.9 Å². The number of nitrogens with one attached hydrogen (secondary N) is 1. The van der Waals surface area contributed by atoms with Gasteiger partial charge in [-0.2, -0.15) is 0 Å². The van der Waals surface area contributed by atoms with E-state index < -0.39 is 0 Å². The lowest BCUT2D eigenvalue weighted by Gasteiger charge is -2.11. The number of rotatable bonds is 6. The highest BCUT2D eigenvalue weighted by atomic mass is 35.5. The molecule has 0 saturated heterocycles. The molecule has 0 bridgehead atoms. The van der Waals surface area contributed by atoms with Crippen molar-refractivity contribution in [2.45, 2.75) is 13.0 Å². The van der Waals surface area contributed by atoms with Crippen LogP contribution in [0.2, 0.25) is 5.02 Å². The van der Waals surface area contributed by atoms with Gasteiger partial charge in [-0.1, -0.05) is 29.8 Å². The molecule has 1 N–H and O–H groups in total. The molecule has 0 aliphatic carbocycles. The Kier molecular flexibility index (Phi) is 4.57. The number of carbonyl (C=O) groups is 1. The molecule has 0 saturated carbocycles. The van der Waals surface area contributed by atoms with E-state index in [0.29, 0.717) is 36.5 Å². The monoisotopic (exact) mass is 331 g/mol. The van der Waals surface area contributed by atoms with E-state index in [9.17, 15) is 9.18 Å². The minimum atomic E-state index is -0.341. The summed E-state index contributed by atoms with van der Waals surface area (Å²) >= 11 is 6.14. The number of amides is 1. The Hall–Kier alpha value is -2.40. The molecule has 1 aromatic heterocycles. The summed E-state index contributed by atoms with van der Waals surface area (Å²) < 4.78 is 16.0. The van der Waals surface area contributed by atoms with Gasteiger partial charge in [0.1, 0.15) is 11.6 Å². The number of halogens is 2.